The fraction of sp³-hybridized carbons (Fsp3) is 0.130. The maximum Gasteiger partial charge on any atom is 0.272 e. The highest BCUT2D eigenvalue weighted by Gasteiger charge is 2.14. The molecule has 0 bridgehead atoms. The summed E-state index contributed by atoms with van der Waals surface area (Å²) in [5.74, 6) is 0.488. The average molecular weight is 557 g/mol. The Morgan fingerprint density at radius 1 is 1.06 bits per heavy atom. The predicted molar refractivity (Wildman–Crippen MR) is 133 cm³/mol. The van der Waals surface area contributed by atoms with Crippen molar-refractivity contribution in [2.45, 2.75) is 13.5 Å². The van der Waals surface area contributed by atoms with Crippen LogP contribution in [0.15, 0.2) is 64.2 Å². The molecule has 0 aliphatic rings. The molecular formula is C23H18BrCl3N2O3. The molecule has 0 spiro atoms. The number of benzene rings is 3. The highest BCUT2D eigenvalue weighted by molar-refractivity contribution is 9.10. The van der Waals surface area contributed by atoms with Gasteiger partial charge in [0.05, 0.1) is 23.4 Å². The third-order valence-corrected chi connectivity index (χ3v) is 5.78. The predicted octanol–water partition coefficient (Wildman–Crippen LogP) is 7.15. The van der Waals surface area contributed by atoms with Crippen molar-refractivity contribution in [3.63, 3.8) is 0 Å². The summed E-state index contributed by atoms with van der Waals surface area (Å²) in [7, 11) is 0. The standard InChI is InChI=1S/C23H18BrCl3N2O3/c1-2-31-21-10-14(12-28-29-23(30)17-5-3-4-6-18(17)24)9-20(27)22(21)32-13-15-7-8-16(25)11-19(15)26/h3-12H,2,13H2,1H3,(H,29,30)/b28-12+. The first-order valence-electron chi connectivity index (χ1n) is 9.50. The number of halogens is 4. The van der Waals surface area contributed by atoms with E-state index >= 15 is 0 Å². The zero-order valence-corrected chi connectivity index (χ0v) is 20.7. The van der Waals surface area contributed by atoms with Gasteiger partial charge in [-0.05, 0) is 64.8 Å². The van der Waals surface area contributed by atoms with E-state index in [-0.39, 0.29) is 12.5 Å². The molecule has 0 aliphatic heterocycles. The van der Waals surface area contributed by atoms with Crippen LogP contribution in [0.4, 0.5) is 0 Å². The fourth-order valence-corrected chi connectivity index (χ4v) is 3.93. The van der Waals surface area contributed by atoms with Crippen molar-refractivity contribution >= 4 is 62.9 Å². The Hall–Kier alpha value is -2.25. The third kappa shape index (κ3) is 6.39. The van der Waals surface area contributed by atoms with Gasteiger partial charge in [-0.25, -0.2) is 5.43 Å². The van der Waals surface area contributed by atoms with E-state index in [2.05, 4.69) is 26.5 Å². The number of hydrazone groups is 1. The molecule has 166 valence electrons. The van der Waals surface area contributed by atoms with E-state index in [1.165, 1.54) is 6.21 Å². The van der Waals surface area contributed by atoms with Crippen LogP contribution in [-0.4, -0.2) is 18.7 Å². The Kier molecular flexibility index (Phi) is 8.82. The van der Waals surface area contributed by atoms with Crippen LogP contribution in [0.2, 0.25) is 15.1 Å². The molecule has 3 aromatic carbocycles. The fourth-order valence-electron chi connectivity index (χ4n) is 2.73. The summed E-state index contributed by atoms with van der Waals surface area (Å²) in [5.41, 5.74) is 4.35. The molecule has 0 fully saturated rings. The van der Waals surface area contributed by atoms with Gasteiger partial charge in [-0.2, -0.15) is 5.10 Å². The van der Waals surface area contributed by atoms with E-state index in [1.807, 2.05) is 13.0 Å². The summed E-state index contributed by atoms with van der Waals surface area (Å²) in [6.07, 6.45) is 1.48. The molecule has 0 atom stereocenters. The van der Waals surface area contributed by atoms with Gasteiger partial charge >= 0.3 is 0 Å². The average Bonchev–Trinajstić information content (AvgIpc) is 2.75. The topological polar surface area (TPSA) is 59.9 Å². The second-order valence-electron chi connectivity index (χ2n) is 6.47. The smallest absolute Gasteiger partial charge is 0.272 e. The van der Waals surface area contributed by atoms with Gasteiger partial charge in [0.15, 0.2) is 11.5 Å². The molecule has 0 radical (unpaired) electrons. The number of nitrogens with one attached hydrogen (secondary N) is 1. The summed E-state index contributed by atoms with van der Waals surface area (Å²) < 4.78 is 12.3. The van der Waals surface area contributed by atoms with Crippen molar-refractivity contribution < 1.29 is 14.3 Å². The molecule has 32 heavy (non-hydrogen) atoms. The minimum atomic E-state index is -0.343. The lowest BCUT2D eigenvalue weighted by atomic mass is 10.2. The van der Waals surface area contributed by atoms with Gasteiger partial charge in [-0.3, -0.25) is 4.79 Å². The molecule has 1 N–H and O–H groups in total. The molecule has 3 aromatic rings. The quantitative estimate of drug-likeness (QED) is 0.237. The Balaban J connectivity index is 1.75. The van der Waals surface area contributed by atoms with E-state index in [0.717, 1.165) is 5.56 Å². The number of carbonyl (C=O) groups is 1. The molecule has 3 rings (SSSR count). The molecule has 1 amide bonds. The van der Waals surface area contributed by atoms with Gasteiger partial charge in [0.1, 0.15) is 6.61 Å². The molecule has 0 saturated heterocycles. The molecule has 0 aliphatic carbocycles. The van der Waals surface area contributed by atoms with Gasteiger partial charge in [-0.15, -0.1) is 0 Å². The lowest BCUT2D eigenvalue weighted by Crippen LogP contribution is -2.18. The molecule has 0 saturated carbocycles. The van der Waals surface area contributed by atoms with E-state index in [1.54, 1.807) is 48.5 Å². The first-order chi connectivity index (χ1) is 15.4. The van der Waals surface area contributed by atoms with Gasteiger partial charge in [0.25, 0.3) is 5.91 Å². The summed E-state index contributed by atoms with van der Waals surface area (Å²) in [5, 5.41) is 5.39. The minimum absolute atomic E-state index is 0.186. The number of ether oxygens (including phenoxy) is 2. The van der Waals surface area contributed by atoms with Gasteiger partial charge in [0, 0.05) is 20.1 Å². The Bertz CT molecular complexity index is 1160. The van der Waals surface area contributed by atoms with E-state index in [0.29, 0.717) is 48.8 Å². The Labute approximate surface area is 209 Å². The summed E-state index contributed by atoms with van der Waals surface area (Å²) in [4.78, 5) is 12.3. The number of amides is 1. The first-order valence-corrected chi connectivity index (χ1v) is 11.4. The van der Waals surface area contributed by atoms with E-state index < -0.39 is 0 Å². The van der Waals surface area contributed by atoms with Crippen LogP contribution in [0.1, 0.15) is 28.4 Å². The zero-order valence-electron chi connectivity index (χ0n) is 16.9. The lowest BCUT2D eigenvalue weighted by molar-refractivity contribution is 0.0954. The highest BCUT2D eigenvalue weighted by Crippen LogP contribution is 2.37. The summed E-state index contributed by atoms with van der Waals surface area (Å²) in [6, 6.07) is 15.6. The Morgan fingerprint density at radius 3 is 2.56 bits per heavy atom. The largest absolute Gasteiger partial charge is 0.490 e. The maximum absolute atomic E-state index is 12.3. The van der Waals surface area contributed by atoms with Gasteiger partial charge < -0.3 is 9.47 Å². The van der Waals surface area contributed by atoms with Crippen LogP contribution in [0, 0.1) is 0 Å². The molecule has 0 unspecified atom stereocenters. The summed E-state index contributed by atoms with van der Waals surface area (Å²) >= 11 is 21.9. The van der Waals surface area contributed by atoms with Crippen molar-refractivity contribution in [1.29, 1.82) is 0 Å². The van der Waals surface area contributed by atoms with Gasteiger partial charge in [-0.1, -0.05) is 53.0 Å². The SMILES string of the molecule is CCOc1cc(/C=N/NC(=O)c2ccccc2Br)cc(Cl)c1OCc1ccc(Cl)cc1Cl. The van der Waals surface area contributed by atoms with Crippen LogP contribution in [0.3, 0.4) is 0 Å². The van der Waals surface area contributed by atoms with Crippen LogP contribution < -0.4 is 14.9 Å². The van der Waals surface area contributed by atoms with Crippen molar-refractivity contribution in [2.75, 3.05) is 6.61 Å². The lowest BCUT2D eigenvalue weighted by Gasteiger charge is -2.15. The third-order valence-electron chi connectivity index (χ3n) is 4.22. The number of nitrogens with zero attached hydrogens (tertiary/aromatic N) is 1. The van der Waals surface area contributed by atoms with Crippen molar-refractivity contribution in [3.05, 3.63) is 90.8 Å². The van der Waals surface area contributed by atoms with Crippen LogP contribution in [0.5, 0.6) is 11.5 Å². The van der Waals surface area contributed by atoms with Crippen molar-refractivity contribution in [2.24, 2.45) is 5.10 Å². The second kappa shape index (κ2) is 11.6. The number of rotatable bonds is 8. The first kappa shape index (κ1) is 24.4. The highest BCUT2D eigenvalue weighted by atomic mass is 79.9. The second-order valence-corrected chi connectivity index (χ2v) is 8.57. The molecule has 9 heteroatoms. The monoisotopic (exact) mass is 554 g/mol. The molecule has 0 heterocycles. The number of carbonyl (C=O) groups excluding carboxylic acids is 1. The van der Waals surface area contributed by atoms with Crippen molar-refractivity contribution in [1.82, 2.24) is 5.43 Å². The van der Waals surface area contributed by atoms with Crippen LogP contribution >= 0.6 is 50.7 Å². The summed E-state index contributed by atoms with van der Waals surface area (Å²) in [6.45, 7) is 2.45. The molecular weight excluding hydrogens is 539 g/mol. The number of hydrogen-bond acceptors (Lipinski definition) is 4. The Morgan fingerprint density at radius 2 is 1.84 bits per heavy atom. The zero-order chi connectivity index (χ0) is 23.1. The van der Waals surface area contributed by atoms with Gasteiger partial charge in [0.2, 0.25) is 0 Å². The van der Waals surface area contributed by atoms with E-state index in [9.17, 15) is 4.79 Å². The van der Waals surface area contributed by atoms with Crippen LogP contribution in [0.25, 0.3) is 0 Å². The van der Waals surface area contributed by atoms with Crippen LogP contribution in [-0.2, 0) is 6.61 Å². The normalized spacial score (nSPS) is 10.9. The molecule has 5 nitrogen and oxygen atoms in total. The van der Waals surface area contributed by atoms with Crippen molar-refractivity contribution in [3.8, 4) is 11.5 Å². The maximum atomic E-state index is 12.3. The number of hydrogen-bond donors (Lipinski definition) is 1. The van der Waals surface area contributed by atoms with E-state index in [4.69, 9.17) is 44.3 Å². The molecule has 0 aromatic heterocycles. The minimum Gasteiger partial charge on any atom is -0.490 e.